The average molecular weight is 307 g/mol. The molecule has 3 rings (SSSR count). The lowest BCUT2D eigenvalue weighted by atomic mass is 9.71. The molecule has 5 heteroatoms. The fraction of sp³-hybridized carbons (Fsp3) is 0.882. The molecule has 22 heavy (non-hydrogen) atoms. The lowest BCUT2D eigenvalue weighted by Gasteiger charge is -2.41. The van der Waals surface area contributed by atoms with Gasteiger partial charge in [-0.3, -0.25) is 9.59 Å². The first kappa shape index (κ1) is 15.8. The molecule has 2 aliphatic heterocycles. The number of nitrogens with zero attached hydrogens (tertiary/aromatic N) is 1. The number of likely N-dealkylation sites (tertiary alicyclic amines) is 1. The normalized spacial score (nSPS) is 27.0. The van der Waals surface area contributed by atoms with Gasteiger partial charge in [0.25, 0.3) is 0 Å². The third kappa shape index (κ3) is 3.14. The number of nitrogens with two attached hydrogens (primary N) is 1. The summed E-state index contributed by atoms with van der Waals surface area (Å²) >= 11 is 0. The van der Waals surface area contributed by atoms with Crippen molar-refractivity contribution >= 4 is 11.8 Å². The highest BCUT2D eigenvalue weighted by Crippen LogP contribution is 2.41. The van der Waals surface area contributed by atoms with Crippen molar-refractivity contribution in [2.45, 2.75) is 57.8 Å². The average Bonchev–Trinajstić information content (AvgIpc) is 2.89. The van der Waals surface area contributed by atoms with Crippen LogP contribution in [0.3, 0.4) is 0 Å². The van der Waals surface area contributed by atoms with Gasteiger partial charge in [0.15, 0.2) is 0 Å². The Hall–Kier alpha value is -1.10. The van der Waals surface area contributed by atoms with Crippen LogP contribution in [0.1, 0.15) is 57.8 Å². The third-order valence-corrected chi connectivity index (χ3v) is 6.25. The number of carbonyl (C=O) groups is 2. The standard InChI is InChI=1S/C17H29N3O2/c18-12-16(4-2-1-3-5-16)11-15(22)20-8-6-17(7-9-20)10-14(21)19-13-17/h1-13,18H2,(H,19,21). The Morgan fingerprint density at radius 2 is 1.82 bits per heavy atom. The van der Waals surface area contributed by atoms with E-state index in [1.165, 1.54) is 19.3 Å². The lowest BCUT2D eigenvalue weighted by molar-refractivity contribution is -0.136. The van der Waals surface area contributed by atoms with Crippen LogP contribution in [-0.2, 0) is 9.59 Å². The molecule has 2 heterocycles. The zero-order valence-electron chi connectivity index (χ0n) is 13.5. The summed E-state index contributed by atoms with van der Waals surface area (Å²) in [6.07, 6.45) is 9.07. The Bertz CT molecular complexity index is 435. The number of rotatable bonds is 3. The second-order valence-corrected chi connectivity index (χ2v) is 7.78. The first-order valence-electron chi connectivity index (χ1n) is 8.81. The van der Waals surface area contributed by atoms with Crippen LogP contribution in [0.25, 0.3) is 0 Å². The molecule has 2 saturated heterocycles. The van der Waals surface area contributed by atoms with Crippen molar-refractivity contribution in [2.75, 3.05) is 26.2 Å². The zero-order chi connectivity index (χ0) is 15.6. The van der Waals surface area contributed by atoms with E-state index in [2.05, 4.69) is 5.32 Å². The Morgan fingerprint density at radius 1 is 1.14 bits per heavy atom. The molecule has 0 aromatic carbocycles. The van der Waals surface area contributed by atoms with E-state index in [4.69, 9.17) is 5.73 Å². The predicted molar refractivity (Wildman–Crippen MR) is 85.1 cm³/mol. The highest BCUT2D eigenvalue weighted by Gasteiger charge is 2.42. The molecule has 2 amide bonds. The molecule has 1 aliphatic carbocycles. The first-order chi connectivity index (χ1) is 10.6. The minimum Gasteiger partial charge on any atom is -0.356 e. The van der Waals surface area contributed by atoms with Crippen molar-refractivity contribution in [3.8, 4) is 0 Å². The lowest BCUT2D eigenvalue weighted by Crippen LogP contribution is -2.46. The van der Waals surface area contributed by atoms with Crippen LogP contribution >= 0.6 is 0 Å². The van der Waals surface area contributed by atoms with Gasteiger partial charge in [-0.1, -0.05) is 19.3 Å². The molecule has 124 valence electrons. The quantitative estimate of drug-likeness (QED) is 0.828. The van der Waals surface area contributed by atoms with Crippen molar-refractivity contribution in [3.63, 3.8) is 0 Å². The van der Waals surface area contributed by atoms with Crippen LogP contribution in [0.2, 0.25) is 0 Å². The van der Waals surface area contributed by atoms with E-state index < -0.39 is 0 Å². The number of hydrogen-bond acceptors (Lipinski definition) is 3. The van der Waals surface area contributed by atoms with E-state index in [1.807, 2.05) is 4.90 Å². The van der Waals surface area contributed by atoms with Crippen molar-refractivity contribution in [1.82, 2.24) is 10.2 Å². The Balaban J connectivity index is 1.54. The highest BCUT2D eigenvalue weighted by atomic mass is 16.2. The molecule has 0 unspecified atom stereocenters. The Morgan fingerprint density at radius 3 is 2.36 bits per heavy atom. The van der Waals surface area contributed by atoms with Crippen LogP contribution in [0, 0.1) is 10.8 Å². The van der Waals surface area contributed by atoms with Crippen molar-refractivity contribution in [2.24, 2.45) is 16.6 Å². The van der Waals surface area contributed by atoms with Crippen LogP contribution < -0.4 is 11.1 Å². The van der Waals surface area contributed by atoms with Crippen LogP contribution in [0.5, 0.6) is 0 Å². The molecule has 5 nitrogen and oxygen atoms in total. The number of piperidine rings is 1. The van der Waals surface area contributed by atoms with E-state index in [0.29, 0.717) is 19.4 Å². The second-order valence-electron chi connectivity index (χ2n) is 7.78. The molecule has 0 aromatic rings. The Kier molecular flexibility index (Phi) is 4.44. The minimum atomic E-state index is 0.0509. The van der Waals surface area contributed by atoms with Crippen LogP contribution in [-0.4, -0.2) is 42.9 Å². The summed E-state index contributed by atoms with van der Waals surface area (Å²) in [4.78, 5) is 26.2. The maximum absolute atomic E-state index is 12.7. The third-order valence-electron chi connectivity index (χ3n) is 6.25. The summed E-state index contributed by atoms with van der Waals surface area (Å²) in [6.45, 7) is 3.03. The fourth-order valence-corrected chi connectivity index (χ4v) is 4.52. The molecule has 1 saturated carbocycles. The molecule has 1 spiro atoms. The number of nitrogens with one attached hydrogen (secondary N) is 1. The van der Waals surface area contributed by atoms with Crippen molar-refractivity contribution in [1.29, 1.82) is 0 Å². The number of amides is 2. The van der Waals surface area contributed by atoms with Gasteiger partial charge < -0.3 is 16.0 Å². The SMILES string of the molecule is NCC1(CC(=O)N2CCC3(CC2)CNC(=O)C3)CCCCC1. The topological polar surface area (TPSA) is 75.4 Å². The Labute approximate surface area is 133 Å². The minimum absolute atomic E-state index is 0.0509. The summed E-state index contributed by atoms with van der Waals surface area (Å²) in [6, 6.07) is 0. The summed E-state index contributed by atoms with van der Waals surface area (Å²) in [5.74, 6) is 0.448. The molecule has 0 radical (unpaired) electrons. The second kappa shape index (κ2) is 6.19. The van der Waals surface area contributed by atoms with E-state index in [-0.39, 0.29) is 22.6 Å². The van der Waals surface area contributed by atoms with Crippen molar-refractivity contribution < 1.29 is 9.59 Å². The molecule has 3 N–H and O–H groups in total. The monoisotopic (exact) mass is 307 g/mol. The van der Waals surface area contributed by atoms with Gasteiger partial charge >= 0.3 is 0 Å². The summed E-state index contributed by atoms with van der Waals surface area (Å²) < 4.78 is 0. The van der Waals surface area contributed by atoms with Gasteiger partial charge in [0.05, 0.1) is 0 Å². The van der Waals surface area contributed by atoms with E-state index in [9.17, 15) is 9.59 Å². The predicted octanol–water partition coefficient (Wildman–Crippen LogP) is 1.41. The molecular formula is C17H29N3O2. The fourth-order valence-electron chi connectivity index (χ4n) is 4.52. The highest BCUT2D eigenvalue weighted by molar-refractivity contribution is 5.80. The largest absolute Gasteiger partial charge is 0.356 e. The molecular weight excluding hydrogens is 278 g/mol. The van der Waals surface area contributed by atoms with Gasteiger partial charge in [-0.05, 0) is 43.1 Å². The molecule has 0 aromatic heterocycles. The van der Waals surface area contributed by atoms with E-state index in [0.717, 1.165) is 45.3 Å². The smallest absolute Gasteiger partial charge is 0.223 e. The number of carbonyl (C=O) groups excluding carboxylic acids is 2. The van der Waals surface area contributed by atoms with Gasteiger partial charge in [-0.15, -0.1) is 0 Å². The van der Waals surface area contributed by atoms with Gasteiger partial charge in [0, 0.05) is 32.5 Å². The maximum atomic E-state index is 12.7. The zero-order valence-corrected chi connectivity index (χ0v) is 13.5. The van der Waals surface area contributed by atoms with Gasteiger partial charge in [-0.2, -0.15) is 0 Å². The molecule has 0 atom stereocenters. The molecule has 3 aliphatic rings. The van der Waals surface area contributed by atoms with Gasteiger partial charge in [-0.25, -0.2) is 0 Å². The summed E-state index contributed by atoms with van der Waals surface area (Å²) in [7, 11) is 0. The first-order valence-corrected chi connectivity index (χ1v) is 8.81. The summed E-state index contributed by atoms with van der Waals surface area (Å²) in [5, 5.41) is 2.95. The molecule has 0 bridgehead atoms. The molecule has 3 fully saturated rings. The van der Waals surface area contributed by atoms with Crippen LogP contribution in [0.15, 0.2) is 0 Å². The van der Waals surface area contributed by atoms with Gasteiger partial charge in [0.1, 0.15) is 0 Å². The number of hydrogen-bond donors (Lipinski definition) is 2. The maximum Gasteiger partial charge on any atom is 0.223 e. The van der Waals surface area contributed by atoms with Crippen LogP contribution in [0.4, 0.5) is 0 Å². The van der Waals surface area contributed by atoms with E-state index >= 15 is 0 Å². The van der Waals surface area contributed by atoms with Gasteiger partial charge in [0.2, 0.25) is 11.8 Å². The van der Waals surface area contributed by atoms with E-state index in [1.54, 1.807) is 0 Å². The van der Waals surface area contributed by atoms with Crippen molar-refractivity contribution in [3.05, 3.63) is 0 Å². The summed E-state index contributed by atoms with van der Waals surface area (Å²) in [5.41, 5.74) is 6.18.